The molecule has 0 saturated carbocycles. The minimum Gasteiger partial charge on any atom is -0.371 e. The van der Waals surface area contributed by atoms with Crippen molar-refractivity contribution in [3.63, 3.8) is 0 Å². The van der Waals surface area contributed by atoms with E-state index in [2.05, 4.69) is 30.6 Å². The summed E-state index contributed by atoms with van der Waals surface area (Å²) in [6.07, 6.45) is 1.72. The summed E-state index contributed by atoms with van der Waals surface area (Å²) in [4.78, 5) is 30.2. The van der Waals surface area contributed by atoms with Crippen LogP contribution in [0.5, 0.6) is 0 Å². The summed E-state index contributed by atoms with van der Waals surface area (Å²) < 4.78 is 1.89. The van der Waals surface area contributed by atoms with E-state index in [9.17, 15) is 4.79 Å². The van der Waals surface area contributed by atoms with Gasteiger partial charge in [-0.25, -0.2) is 15.0 Å². The Hall–Kier alpha value is -3.46. The van der Waals surface area contributed by atoms with Gasteiger partial charge in [-0.2, -0.15) is 0 Å². The number of aryl methyl sites for hydroxylation is 1. The van der Waals surface area contributed by atoms with Crippen LogP contribution in [0.4, 0.5) is 5.82 Å². The molecule has 0 bridgehead atoms. The van der Waals surface area contributed by atoms with Gasteiger partial charge < -0.3 is 20.2 Å². The van der Waals surface area contributed by atoms with Gasteiger partial charge in [0.25, 0.3) is 5.91 Å². The number of H-pyrrole nitrogens is 1. The molecule has 0 aliphatic rings. The van der Waals surface area contributed by atoms with E-state index in [1.807, 2.05) is 41.9 Å². The molecule has 3 N–H and O–H groups in total. The fourth-order valence-corrected chi connectivity index (χ4v) is 4.19. The number of hydrogen-bond donors (Lipinski definition) is 3. The first-order chi connectivity index (χ1) is 13.6. The van der Waals surface area contributed by atoms with E-state index < -0.39 is 0 Å². The molecule has 8 nitrogen and oxygen atoms in total. The van der Waals surface area contributed by atoms with Gasteiger partial charge in [0.15, 0.2) is 10.8 Å². The molecule has 0 spiro atoms. The molecule has 5 rings (SSSR count). The zero-order valence-electron chi connectivity index (χ0n) is 15.3. The van der Waals surface area contributed by atoms with E-state index in [0.717, 1.165) is 27.6 Å². The topological polar surface area (TPSA) is 101 Å². The molecule has 0 aliphatic carbocycles. The number of thiazole rings is 1. The third-order valence-electron chi connectivity index (χ3n) is 4.66. The van der Waals surface area contributed by atoms with E-state index >= 15 is 0 Å². The molecule has 9 heteroatoms. The maximum atomic E-state index is 12.7. The standard InChI is InChI=1S/C19H17N7OS/c1-20-16-13-15(26(2)9-22-13)14-18(25-16)28-19(24-14)17(27)21-8-11-7-10-5-3-4-6-12(10)23-11/h3-7,9,23H,8H2,1-2H3,(H,20,25)(H,21,27). The second-order valence-corrected chi connectivity index (χ2v) is 7.48. The first-order valence-electron chi connectivity index (χ1n) is 8.78. The van der Waals surface area contributed by atoms with Gasteiger partial charge in [0.05, 0.1) is 12.9 Å². The molecule has 0 saturated heterocycles. The summed E-state index contributed by atoms with van der Waals surface area (Å²) in [5, 5.41) is 7.50. The van der Waals surface area contributed by atoms with E-state index in [1.54, 1.807) is 13.4 Å². The van der Waals surface area contributed by atoms with Crippen LogP contribution in [-0.2, 0) is 13.6 Å². The van der Waals surface area contributed by atoms with Gasteiger partial charge in [0.2, 0.25) is 0 Å². The van der Waals surface area contributed by atoms with Crippen LogP contribution in [0.3, 0.4) is 0 Å². The molecule has 0 atom stereocenters. The largest absolute Gasteiger partial charge is 0.371 e. The second kappa shape index (κ2) is 6.31. The average molecular weight is 391 g/mol. The molecule has 1 aromatic carbocycles. The van der Waals surface area contributed by atoms with Gasteiger partial charge >= 0.3 is 0 Å². The van der Waals surface area contributed by atoms with Crippen molar-refractivity contribution in [1.82, 2.24) is 29.8 Å². The highest BCUT2D eigenvalue weighted by atomic mass is 32.1. The maximum Gasteiger partial charge on any atom is 0.280 e. The molecule has 0 unspecified atom stereocenters. The van der Waals surface area contributed by atoms with E-state index in [1.165, 1.54) is 11.3 Å². The van der Waals surface area contributed by atoms with E-state index in [-0.39, 0.29) is 5.91 Å². The Morgan fingerprint density at radius 2 is 2.11 bits per heavy atom. The number of fused-ring (bicyclic) bond motifs is 4. The van der Waals surface area contributed by atoms with Gasteiger partial charge in [-0.15, -0.1) is 0 Å². The number of carbonyl (C=O) groups excluding carboxylic acids is 1. The monoisotopic (exact) mass is 391 g/mol. The molecule has 1 amide bonds. The molecule has 4 aromatic heterocycles. The zero-order chi connectivity index (χ0) is 19.3. The summed E-state index contributed by atoms with van der Waals surface area (Å²) in [5.74, 6) is 0.458. The van der Waals surface area contributed by atoms with Gasteiger partial charge in [0.1, 0.15) is 21.4 Å². The van der Waals surface area contributed by atoms with Crippen LogP contribution in [-0.4, -0.2) is 37.5 Å². The van der Waals surface area contributed by atoms with Crippen molar-refractivity contribution in [2.24, 2.45) is 7.05 Å². The van der Waals surface area contributed by atoms with Crippen LogP contribution >= 0.6 is 11.3 Å². The molecule has 0 radical (unpaired) electrons. The molecule has 4 heterocycles. The number of aromatic nitrogens is 5. The van der Waals surface area contributed by atoms with Crippen molar-refractivity contribution in [2.45, 2.75) is 6.54 Å². The number of imidazole rings is 1. The molecule has 0 fully saturated rings. The van der Waals surface area contributed by atoms with Gasteiger partial charge in [0, 0.05) is 25.3 Å². The lowest BCUT2D eigenvalue weighted by Gasteiger charge is -2.01. The highest BCUT2D eigenvalue weighted by Gasteiger charge is 2.19. The summed E-state index contributed by atoms with van der Waals surface area (Å²) >= 11 is 1.28. The van der Waals surface area contributed by atoms with Crippen molar-refractivity contribution in [2.75, 3.05) is 12.4 Å². The second-order valence-electron chi connectivity index (χ2n) is 6.50. The summed E-state index contributed by atoms with van der Waals surface area (Å²) in [7, 11) is 3.71. The third kappa shape index (κ3) is 2.59. The van der Waals surface area contributed by atoms with E-state index in [0.29, 0.717) is 27.7 Å². The third-order valence-corrected chi connectivity index (χ3v) is 5.61. The molecule has 0 aliphatic heterocycles. The Balaban J connectivity index is 1.46. The zero-order valence-corrected chi connectivity index (χ0v) is 16.1. The lowest BCUT2D eigenvalue weighted by molar-refractivity contribution is 0.0950. The number of benzene rings is 1. The number of rotatable bonds is 4. The van der Waals surface area contributed by atoms with Crippen LogP contribution < -0.4 is 10.6 Å². The first-order valence-corrected chi connectivity index (χ1v) is 9.60. The highest BCUT2D eigenvalue weighted by molar-refractivity contribution is 7.20. The predicted molar refractivity (Wildman–Crippen MR) is 111 cm³/mol. The van der Waals surface area contributed by atoms with Crippen molar-refractivity contribution in [1.29, 1.82) is 0 Å². The minimum atomic E-state index is -0.219. The van der Waals surface area contributed by atoms with Crippen LogP contribution in [0.25, 0.3) is 32.3 Å². The maximum absolute atomic E-state index is 12.7. The fraction of sp³-hybridized carbons (Fsp3) is 0.158. The Bertz CT molecular complexity index is 1310. The number of nitrogens with zero attached hydrogens (tertiary/aromatic N) is 4. The Morgan fingerprint density at radius 3 is 2.93 bits per heavy atom. The quantitative estimate of drug-likeness (QED) is 0.437. The molecule has 140 valence electrons. The number of anilines is 1. The summed E-state index contributed by atoms with van der Waals surface area (Å²) in [6, 6.07) is 10.1. The Labute approximate surface area is 163 Å². The SMILES string of the molecule is CNc1nc2sc(C(=O)NCc3cc4ccccc4[nH]3)nc2c2c1ncn2C. The summed E-state index contributed by atoms with van der Waals surface area (Å²) in [5.41, 5.74) is 4.29. The molecule has 5 aromatic rings. The number of para-hydroxylation sites is 1. The number of hydrogen-bond acceptors (Lipinski definition) is 6. The smallest absolute Gasteiger partial charge is 0.280 e. The molecule has 28 heavy (non-hydrogen) atoms. The van der Waals surface area contributed by atoms with Gasteiger partial charge in [-0.3, -0.25) is 4.79 Å². The number of amides is 1. The van der Waals surface area contributed by atoms with Crippen LogP contribution in [0.1, 0.15) is 15.5 Å². The highest BCUT2D eigenvalue weighted by Crippen LogP contribution is 2.31. The molecular formula is C19H17N7OS. The number of nitrogens with one attached hydrogen (secondary N) is 3. The first kappa shape index (κ1) is 16.7. The predicted octanol–water partition coefficient (Wildman–Crippen LogP) is 3.03. The lowest BCUT2D eigenvalue weighted by atomic mass is 10.2. The Kier molecular flexibility index (Phi) is 3.76. The number of carbonyl (C=O) groups is 1. The van der Waals surface area contributed by atoms with E-state index in [4.69, 9.17) is 0 Å². The van der Waals surface area contributed by atoms with Gasteiger partial charge in [-0.1, -0.05) is 29.5 Å². The van der Waals surface area contributed by atoms with Crippen molar-refractivity contribution in [3.8, 4) is 0 Å². The van der Waals surface area contributed by atoms with Crippen LogP contribution in [0.15, 0.2) is 36.7 Å². The van der Waals surface area contributed by atoms with Crippen molar-refractivity contribution >= 4 is 55.3 Å². The summed E-state index contributed by atoms with van der Waals surface area (Å²) in [6.45, 7) is 0.403. The van der Waals surface area contributed by atoms with Crippen molar-refractivity contribution in [3.05, 3.63) is 47.4 Å². The normalized spacial score (nSPS) is 11.5. The number of aromatic amines is 1. The van der Waals surface area contributed by atoms with Crippen LogP contribution in [0.2, 0.25) is 0 Å². The minimum absolute atomic E-state index is 0.219. The average Bonchev–Trinajstić information content (AvgIpc) is 3.41. The van der Waals surface area contributed by atoms with Gasteiger partial charge in [-0.05, 0) is 17.5 Å². The Morgan fingerprint density at radius 1 is 1.25 bits per heavy atom. The van der Waals surface area contributed by atoms with Crippen LogP contribution in [0, 0.1) is 0 Å². The van der Waals surface area contributed by atoms with Crippen molar-refractivity contribution < 1.29 is 4.79 Å². The molecular weight excluding hydrogens is 374 g/mol. The fourth-order valence-electron chi connectivity index (χ4n) is 3.33. The lowest BCUT2D eigenvalue weighted by Crippen LogP contribution is -2.22. The number of pyridine rings is 1.